The molecule has 0 fully saturated rings. The van der Waals surface area contributed by atoms with Crippen LogP contribution in [-0.4, -0.2) is 28.8 Å². The molecule has 2 heterocycles. The van der Waals surface area contributed by atoms with Gasteiger partial charge in [0.1, 0.15) is 33.5 Å². The number of nitrogens with one attached hydrogen (secondary N) is 1. The molecular formula is C24H13Cl2F2N5O3S2. The minimum atomic E-state index is -4.35. The van der Waals surface area contributed by atoms with E-state index in [-0.39, 0.29) is 21.7 Å². The van der Waals surface area contributed by atoms with Crippen molar-refractivity contribution in [1.29, 1.82) is 0 Å². The fraction of sp³-hybridized carbons (Fsp3) is 0. The highest BCUT2D eigenvalue weighted by Gasteiger charge is 2.24. The van der Waals surface area contributed by atoms with Crippen molar-refractivity contribution >= 4 is 49.7 Å². The minimum Gasteiger partial charge on any atom is -0.455 e. The number of ether oxygens (including phenoxy) is 1. The van der Waals surface area contributed by atoms with Gasteiger partial charge in [0.05, 0.1) is 17.4 Å². The van der Waals surface area contributed by atoms with E-state index < -0.39 is 26.6 Å². The normalized spacial score (nSPS) is 11.4. The van der Waals surface area contributed by atoms with E-state index in [4.69, 9.17) is 27.9 Å². The molecule has 5 rings (SSSR count). The zero-order chi connectivity index (χ0) is 26.9. The van der Waals surface area contributed by atoms with Gasteiger partial charge in [0.25, 0.3) is 10.0 Å². The fourth-order valence-electron chi connectivity index (χ4n) is 3.46. The maximum atomic E-state index is 15.1. The molecule has 0 unspecified atom stereocenters. The molecule has 2 aromatic heterocycles. The topological polar surface area (TPSA) is 107 Å². The van der Waals surface area contributed by atoms with E-state index in [9.17, 15) is 12.8 Å². The molecule has 5 aromatic rings. The largest absolute Gasteiger partial charge is 0.455 e. The van der Waals surface area contributed by atoms with Crippen molar-refractivity contribution in [3.8, 4) is 33.8 Å². The standard InChI is InChI=1S/C24H13Cl2F2N5O3S2/c25-18-7-17(14-5-6-29-30-11-14)21(8-16(18)13-1-3-15(27)4-2-13)36-22-10-20(28)23(9-19(22)26)38(34,35)33-24-32-31-12-37-24/h1-12H,(H,32,33). The second-order valence-corrected chi connectivity index (χ2v) is 10.9. The molecule has 8 nitrogen and oxygen atoms in total. The number of halogens is 4. The Morgan fingerprint density at radius 2 is 1.63 bits per heavy atom. The average molecular weight is 592 g/mol. The summed E-state index contributed by atoms with van der Waals surface area (Å²) >= 11 is 13.8. The number of nitrogens with zero attached hydrogens (tertiary/aromatic N) is 4. The smallest absolute Gasteiger partial charge is 0.266 e. The van der Waals surface area contributed by atoms with Crippen LogP contribution in [0.5, 0.6) is 11.5 Å². The first-order valence-electron chi connectivity index (χ1n) is 10.5. The summed E-state index contributed by atoms with van der Waals surface area (Å²) in [7, 11) is -4.35. The summed E-state index contributed by atoms with van der Waals surface area (Å²) in [6.07, 6.45) is 2.95. The number of aromatic nitrogens is 4. The van der Waals surface area contributed by atoms with Crippen LogP contribution in [0.3, 0.4) is 0 Å². The lowest BCUT2D eigenvalue weighted by Gasteiger charge is -2.16. The van der Waals surface area contributed by atoms with Gasteiger partial charge in [-0.15, -0.1) is 10.2 Å². The second kappa shape index (κ2) is 10.6. The van der Waals surface area contributed by atoms with Crippen molar-refractivity contribution < 1.29 is 21.9 Å². The lowest BCUT2D eigenvalue weighted by molar-refractivity contribution is 0.475. The Bertz CT molecular complexity index is 1730. The van der Waals surface area contributed by atoms with Crippen LogP contribution in [0, 0.1) is 11.6 Å². The summed E-state index contributed by atoms with van der Waals surface area (Å²) in [5.41, 5.74) is 3.48. The highest BCUT2D eigenvalue weighted by atomic mass is 35.5. The molecule has 0 radical (unpaired) electrons. The average Bonchev–Trinajstić information content (AvgIpc) is 3.40. The van der Waals surface area contributed by atoms with Crippen LogP contribution in [0.1, 0.15) is 0 Å². The molecule has 0 atom stereocenters. The highest BCUT2D eigenvalue weighted by Crippen LogP contribution is 2.43. The molecule has 0 saturated carbocycles. The van der Waals surface area contributed by atoms with Crippen molar-refractivity contribution in [3.63, 3.8) is 0 Å². The molecule has 0 saturated heterocycles. The van der Waals surface area contributed by atoms with Gasteiger partial charge in [-0.1, -0.05) is 46.7 Å². The van der Waals surface area contributed by atoms with Crippen LogP contribution in [0.2, 0.25) is 10.0 Å². The first kappa shape index (κ1) is 25.9. The van der Waals surface area contributed by atoms with Crippen molar-refractivity contribution in [2.75, 3.05) is 4.72 Å². The molecule has 0 amide bonds. The number of benzene rings is 3. The Hall–Kier alpha value is -3.71. The molecular weight excluding hydrogens is 579 g/mol. The second-order valence-electron chi connectivity index (χ2n) is 7.63. The van der Waals surface area contributed by atoms with Crippen LogP contribution < -0.4 is 9.46 Å². The summed E-state index contributed by atoms with van der Waals surface area (Å²) in [4.78, 5) is -0.702. The van der Waals surface area contributed by atoms with E-state index in [2.05, 4.69) is 25.1 Å². The lowest BCUT2D eigenvalue weighted by Crippen LogP contribution is -2.14. The number of hydrogen-bond donors (Lipinski definition) is 1. The van der Waals surface area contributed by atoms with Gasteiger partial charge < -0.3 is 4.74 Å². The first-order valence-corrected chi connectivity index (χ1v) is 13.7. The maximum absolute atomic E-state index is 15.1. The SMILES string of the molecule is O=S(=O)(Nc1nncs1)c1cc(Cl)c(Oc2cc(-c3ccc(F)cc3)c(Cl)cc2-c2ccnnc2)cc1F. The summed E-state index contributed by atoms with van der Waals surface area (Å²) in [6, 6.07) is 12.3. The van der Waals surface area contributed by atoms with Crippen LogP contribution in [-0.2, 0) is 10.0 Å². The third-order valence-electron chi connectivity index (χ3n) is 5.20. The Morgan fingerprint density at radius 3 is 2.32 bits per heavy atom. The molecule has 14 heteroatoms. The van der Waals surface area contributed by atoms with Crippen molar-refractivity contribution in [2.24, 2.45) is 0 Å². The Kier molecular flexibility index (Phi) is 7.21. The molecule has 38 heavy (non-hydrogen) atoms. The lowest BCUT2D eigenvalue weighted by atomic mass is 10.00. The Morgan fingerprint density at radius 1 is 0.842 bits per heavy atom. The van der Waals surface area contributed by atoms with Gasteiger partial charge in [0.2, 0.25) is 5.13 Å². The number of rotatable bonds is 7. The van der Waals surface area contributed by atoms with E-state index in [0.29, 0.717) is 27.3 Å². The van der Waals surface area contributed by atoms with Gasteiger partial charge >= 0.3 is 0 Å². The zero-order valence-corrected chi connectivity index (χ0v) is 21.9. The van der Waals surface area contributed by atoms with Gasteiger partial charge in [-0.25, -0.2) is 17.2 Å². The van der Waals surface area contributed by atoms with Gasteiger partial charge in [0, 0.05) is 27.8 Å². The van der Waals surface area contributed by atoms with Crippen molar-refractivity contribution in [1.82, 2.24) is 20.4 Å². The van der Waals surface area contributed by atoms with Crippen LogP contribution in [0.25, 0.3) is 22.3 Å². The highest BCUT2D eigenvalue weighted by molar-refractivity contribution is 7.93. The molecule has 3 aromatic carbocycles. The van der Waals surface area contributed by atoms with E-state index in [1.165, 1.54) is 30.0 Å². The van der Waals surface area contributed by atoms with Crippen LogP contribution >= 0.6 is 34.5 Å². The third-order valence-corrected chi connectivity index (χ3v) is 7.90. The molecule has 192 valence electrons. The third kappa shape index (κ3) is 5.43. The molecule has 1 N–H and O–H groups in total. The summed E-state index contributed by atoms with van der Waals surface area (Å²) in [6.45, 7) is 0. The summed E-state index contributed by atoms with van der Waals surface area (Å²) < 4.78 is 62.0. The molecule has 0 aliphatic heterocycles. The monoisotopic (exact) mass is 591 g/mol. The summed E-state index contributed by atoms with van der Waals surface area (Å²) in [5.74, 6) is -1.49. The quantitative estimate of drug-likeness (QED) is 0.221. The van der Waals surface area contributed by atoms with Gasteiger partial charge in [-0.05, 0) is 42.0 Å². The van der Waals surface area contributed by atoms with Crippen molar-refractivity contribution in [3.05, 3.63) is 94.2 Å². The van der Waals surface area contributed by atoms with E-state index in [1.807, 2.05) is 0 Å². The Balaban J connectivity index is 1.58. The molecule has 0 aliphatic rings. The first-order chi connectivity index (χ1) is 18.2. The molecule has 0 bridgehead atoms. The fourth-order valence-corrected chi connectivity index (χ4v) is 5.78. The van der Waals surface area contributed by atoms with Crippen molar-refractivity contribution in [2.45, 2.75) is 4.90 Å². The predicted octanol–water partition coefficient (Wildman–Crippen LogP) is 6.84. The predicted molar refractivity (Wildman–Crippen MR) is 140 cm³/mol. The number of hydrogen-bond acceptors (Lipinski definition) is 8. The minimum absolute atomic E-state index is 0.0362. The van der Waals surface area contributed by atoms with E-state index in [1.54, 1.807) is 30.3 Å². The Labute approximate surface area is 228 Å². The van der Waals surface area contributed by atoms with Crippen LogP contribution in [0.4, 0.5) is 13.9 Å². The summed E-state index contributed by atoms with van der Waals surface area (Å²) in [5, 5.41) is 14.9. The van der Waals surface area contributed by atoms with Crippen LogP contribution in [0.15, 0.2) is 77.4 Å². The molecule has 0 aliphatic carbocycles. The van der Waals surface area contributed by atoms with E-state index in [0.717, 1.165) is 23.5 Å². The number of sulfonamides is 1. The van der Waals surface area contributed by atoms with Gasteiger partial charge in [-0.3, -0.25) is 4.72 Å². The zero-order valence-electron chi connectivity index (χ0n) is 18.8. The van der Waals surface area contributed by atoms with Gasteiger partial charge in [0.15, 0.2) is 0 Å². The van der Waals surface area contributed by atoms with Gasteiger partial charge in [-0.2, -0.15) is 10.2 Å². The molecule has 0 spiro atoms. The van der Waals surface area contributed by atoms with E-state index >= 15 is 4.39 Å². The maximum Gasteiger partial charge on any atom is 0.266 e. The number of anilines is 1.